The highest BCUT2D eigenvalue weighted by Crippen LogP contribution is 2.37. The van der Waals surface area contributed by atoms with Crippen LogP contribution in [0.2, 0.25) is 0 Å². The van der Waals surface area contributed by atoms with Crippen LogP contribution in [0.5, 0.6) is 0 Å². The van der Waals surface area contributed by atoms with Gasteiger partial charge in [0.1, 0.15) is 0 Å². The van der Waals surface area contributed by atoms with Gasteiger partial charge in [-0.25, -0.2) is 13.1 Å². The van der Waals surface area contributed by atoms with Crippen molar-refractivity contribution < 1.29 is 8.42 Å². The van der Waals surface area contributed by atoms with Crippen molar-refractivity contribution in [3.63, 3.8) is 0 Å². The third-order valence-corrected chi connectivity index (χ3v) is 4.33. The van der Waals surface area contributed by atoms with Gasteiger partial charge in [0.25, 0.3) is 0 Å². The monoisotopic (exact) mass is 225 g/mol. The van der Waals surface area contributed by atoms with E-state index in [2.05, 4.69) is 4.72 Å². The second-order valence-electron chi connectivity index (χ2n) is 3.69. The summed E-state index contributed by atoms with van der Waals surface area (Å²) in [5.41, 5.74) is -0.297. The highest BCUT2D eigenvalue weighted by Gasteiger charge is 2.44. The van der Waals surface area contributed by atoms with Crippen molar-refractivity contribution in [2.24, 2.45) is 0 Å². The SMILES string of the molecule is CCCCS(=O)(=O)NC1(CCl)CC1. The topological polar surface area (TPSA) is 46.2 Å². The molecule has 0 saturated heterocycles. The maximum Gasteiger partial charge on any atom is 0.212 e. The Hall–Kier alpha value is 0.200. The molecule has 0 radical (unpaired) electrons. The molecule has 1 N–H and O–H groups in total. The van der Waals surface area contributed by atoms with E-state index >= 15 is 0 Å². The van der Waals surface area contributed by atoms with Crippen LogP contribution < -0.4 is 4.72 Å². The van der Waals surface area contributed by atoms with E-state index in [0.29, 0.717) is 12.3 Å². The van der Waals surface area contributed by atoms with Crippen molar-refractivity contribution in [3.8, 4) is 0 Å². The van der Waals surface area contributed by atoms with E-state index in [0.717, 1.165) is 19.3 Å². The molecule has 0 aliphatic heterocycles. The van der Waals surface area contributed by atoms with Gasteiger partial charge < -0.3 is 0 Å². The van der Waals surface area contributed by atoms with Crippen LogP contribution in [-0.2, 0) is 10.0 Å². The second-order valence-corrected chi connectivity index (χ2v) is 5.80. The number of sulfonamides is 1. The lowest BCUT2D eigenvalue weighted by molar-refractivity contribution is 0.556. The third kappa shape index (κ3) is 3.44. The molecule has 0 amide bonds. The van der Waals surface area contributed by atoms with Crippen LogP contribution in [0.4, 0.5) is 0 Å². The Kier molecular flexibility index (Phi) is 3.60. The van der Waals surface area contributed by atoms with Gasteiger partial charge >= 0.3 is 0 Å². The number of hydrogen-bond donors (Lipinski definition) is 1. The van der Waals surface area contributed by atoms with Crippen LogP contribution in [0, 0.1) is 0 Å². The largest absolute Gasteiger partial charge is 0.212 e. The maximum absolute atomic E-state index is 11.4. The molecule has 0 aromatic carbocycles. The van der Waals surface area contributed by atoms with E-state index in [1.807, 2.05) is 6.92 Å². The van der Waals surface area contributed by atoms with E-state index in [-0.39, 0.29) is 11.3 Å². The molecule has 1 fully saturated rings. The lowest BCUT2D eigenvalue weighted by atomic mass is 10.4. The van der Waals surface area contributed by atoms with Crippen LogP contribution in [0.15, 0.2) is 0 Å². The molecule has 0 spiro atoms. The summed E-state index contributed by atoms with van der Waals surface area (Å²) in [6.07, 6.45) is 3.37. The number of halogens is 1. The van der Waals surface area contributed by atoms with Gasteiger partial charge in [-0.3, -0.25) is 0 Å². The van der Waals surface area contributed by atoms with E-state index in [4.69, 9.17) is 11.6 Å². The Bertz CT molecular complexity index is 259. The molecule has 1 aliphatic carbocycles. The van der Waals surface area contributed by atoms with Crippen molar-refractivity contribution in [1.82, 2.24) is 4.72 Å². The third-order valence-electron chi connectivity index (χ3n) is 2.25. The molecule has 3 nitrogen and oxygen atoms in total. The van der Waals surface area contributed by atoms with E-state index < -0.39 is 10.0 Å². The number of unbranched alkanes of at least 4 members (excludes halogenated alkanes) is 1. The van der Waals surface area contributed by atoms with Gasteiger partial charge in [-0.2, -0.15) is 0 Å². The second kappa shape index (κ2) is 4.15. The summed E-state index contributed by atoms with van der Waals surface area (Å²) >= 11 is 5.67. The van der Waals surface area contributed by atoms with E-state index in [1.54, 1.807) is 0 Å². The first-order chi connectivity index (χ1) is 6.04. The standard InChI is InChI=1S/C8H16ClNO2S/c1-2-3-6-13(11,12)10-8(7-9)4-5-8/h10H,2-7H2,1H3. The predicted molar refractivity (Wildman–Crippen MR) is 54.5 cm³/mol. The van der Waals surface area contributed by atoms with Crippen LogP contribution in [0.1, 0.15) is 32.6 Å². The Morgan fingerprint density at radius 3 is 2.46 bits per heavy atom. The molecule has 78 valence electrons. The molecule has 0 unspecified atom stereocenters. The van der Waals surface area contributed by atoms with Crippen molar-refractivity contribution in [2.45, 2.75) is 38.1 Å². The highest BCUT2D eigenvalue weighted by atomic mass is 35.5. The molecule has 0 heterocycles. The normalized spacial score (nSPS) is 20.2. The van der Waals surface area contributed by atoms with Crippen molar-refractivity contribution >= 4 is 21.6 Å². The van der Waals surface area contributed by atoms with Gasteiger partial charge in [0.05, 0.1) is 5.75 Å². The average Bonchev–Trinajstić information content (AvgIpc) is 2.81. The van der Waals surface area contributed by atoms with Crippen molar-refractivity contribution in [3.05, 3.63) is 0 Å². The van der Waals surface area contributed by atoms with Crippen LogP contribution in [-0.4, -0.2) is 25.6 Å². The summed E-state index contributed by atoms with van der Waals surface area (Å²) in [5.74, 6) is 0.612. The molecule has 0 bridgehead atoms. The van der Waals surface area contributed by atoms with Crippen LogP contribution in [0.25, 0.3) is 0 Å². The molecule has 0 aromatic rings. The summed E-state index contributed by atoms with van der Waals surface area (Å²) in [7, 11) is -3.09. The Morgan fingerprint density at radius 2 is 2.08 bits per heavy atom. The zero-order chi connectivity index (χ0) is 9.95. The van der Waals surface area contributed by atoms with Gasteiger partial charge in [0.2, 0.25) is 10.0 Å². The zero-order valence-electron chi connectivity index (χ0n) is 7.85. The van der Waals surface area contributed by atoms with Crippen molar-refractivity contribution in [1.29, 1.82) is 0 Å². The van der Waals surface area contributed by atoms with Crippen molar-refractivity contribution in [2.75, 3.05) is 11.6 Å². The van der Waals surface area contributed by atoms with Gasteiger partial charge in [0.15, 0.2) is 0 Å². The quantitative estimate of drug-likeness (QED) is 0.696. The summed E-state index contributed by atoms with van der Waals surface area (Å²) in [6.45, 7) is 1.98. The number of alkyl halides is 1. The van der Waals surface area contributed by atoms with Gasteiger partial charge in [-0.1, -0.05) is 13.3 Å². The molecular formula is C8H16ClNO2S. The molecular weight excluding hydrogens is 210 g/mol. The number of rotatable bonds is 6. The van der Waals surface area contributed by atoms with Crippen LogP contribution >= 0.6 is 11.6 Å². The number of nitrogens with one attached hydrogen (secondary N) is 1. The smallest absolute Gasteiger partial charge is 0.212 e. The summed E-state index contributed by atoms with van der Waals surface area (Å²) in [4.78, 5) is 0. The lowest BCUT2D eigenvalue weighted by Gasteiger charge is -2.13. The predicted octanol–water partition coefficient (Wildman–Crippen LogP) is 1.48. The van der Waals surface area contributed by atoms with E-state index in [1.165, 1.54) is 0 Å². The minimum absolute atomic E-state index is 0.224. The van der Waals surface area contributed by atoms with Gasteiger partial charge in [-0.05, 0) is 19.3 Å². The van der Waals surface area contributed by atoms with Crippen LogP contribution in [0.3, 0.4) is 0 Å². The van der Waals surface area contributed by atoms with Gasteiger partial charge in [-0.15, -0.1) is 11.6 Å². The zero-order valence-corrected chi connectivity index (χ0v) is 9.42. The minimum atomic E-state index is -3.09. The maximum atomic E-state index is 11.4. The lowest BCUT2D eigenvalue weighted by Crippen LogP contribution is -2.39. The molecule has 13 heavy (non-hydrogen) atoms. The summed E-state index contributed by atoms with van der Waals surface area (Å²) in [5, 5.41) is 0. The molecule has 1 saturated carbocycles. The van der Waals surface area contributed by atoms with Gasteiger partial charge in [0, 0.05) is 11.4 Å². The first kappa shape index (κ1) is 11.3. The fraction of sp³-hybridized carbons (Fsp3) is 1.00. The average molecular weight is 226 g/mol. The fourth-order valence-electron chi connectivity index (χ4n) is 1.13. The molecule has 1 rings (SSSR count). The Labute approximate surface area is 84.9 Å². The summed E-state index contributed by atoms with van der Waals surface area (Å²) in [6, 6.07) is 0. The molecule has 0 atom stereocenters. The minimum Gasteiger partial charge on any atom is -0.212 e. The first-order valence-corrected chi connectivity index (χ1v) is 6.80. The highest BCUT2D eigenvalue weighted by molar-refractivity contribution is 7.89. The molecule has 5 heteroatoms. The molecule has 0 aromatic heterocycles. The summed E-state index contributed by atoms with van der Waals surface area (Å²) < 4.78 is 25.5. The first-order valence-electron chi connectivity index (χ1n) is 4.61. The Morgan fingerprint density at radius 1 is 1.46 bits per heavy atom. The molecule has 1 aliphatic rings. The number of hydrogen-bond acceptors (Lipinski definition) is 2. The Balaban J connectivity index is 2.43. The van der Waals surface area contributed by atoms with E-state index in [9.17, 15) is 8.42 Å². The fourth-order valence-corrected chi connectivity index (χ4v) is 3.25.